The number of quaternary nitrogens is 1. The average molecular weight is 422 g/mol. The topological polar surface area (TPSA) is 96.9 Å². The highest BCUT2D eigenvalue weighted by atomic mass is 35.5. The Labute approximate surface area is 173 Å². The van der Waals surface area contributed by atoms with Crippen LogP contribution >= 0.6 is 0 Å². The molecule has 0 spiro atoms. The molecule has 3 heterocycles. The van der Waals surface area contributed by atoms with Crippen LogP contribution in [-0.4, -0.2) is 38.1 Å². The zero-order valence-corrected chi connectivity index (χ0v) is 17.3. The van der Waals surface area contributed by atoms with Crippen LogP contribution in [0, 0.1) is 0 Å². The molecule has 9 nitrogen and oxygen atoms in total. The van der Waals surface area contributed by atoms with Crippen LogP contribution in [0.3, 0.4) is 0 Å². The number of rotatable bonds is 6. The van der Waals surface area contributed by atoms with E-state index in [2.05, 4.69) is 23.3 Å². The first kappa shape index (κ1) is 20.9. The summed E-state index contributed by atoms with van der Waals surface area (Å²) in [5, 5.41) is 2.24. The number of benzene rings is 1. The zero-order valence-electron chi connectivity index (χ0n) is 16.6. The van der Waals surface area contributed by atoms with Gasteiger partial charge in [0.15, 0.2) is 22.7 Å². The second-order valence-electron chi connectivity index (χ2n) is 7.21. The van der Waals surface area contributed by atoms with Crippen molar-refractivity contribution in [2.24, 2.45) is 14.1 Å². The van der Waals surface area contributed by atoms with E-state index < -0.39 is 0 Å². The largest absolute Gasteiger partial charge is 1.00 e. The van der Waals surface area contributed by atoms with Crippen LogP contribution in [0.5, 0.6) is 11.5 Å². The van der Waals surface area contributed by atoms with Crippen LogP contribution in [0.25, 0.3) is 11.2 Å². The molecule has 0 aliphatic carbocycles. The van der Waals surface area contributed by atoms with E-state index in [0.29, 0.717) is 23.8 Å². The normalized spacial score (nSPS) is 13.5. The van der Waals surface area contributed by atoms with Crippen LogP contribution in [0.4, 0.5) is 0 Å². The number of hydrogen-bond donors (Lipinski definition) is 1. The Hall–Kier alpha value is -2.78. The Balaban J connectivity index is 0.00000240. The molecule has 29 heavy (non-hydrogen) atoms. The zero-order chi connectivity index (χ0) is 19.8. The summed E-state index contributed by atoms with van der Waals surface area (Å²) >= 11 is 0. The molecule has 0 amide bonds. The summed E-state index contributed by atoms with van der Waals surface area (Å²) in [5.74, 6) is 1.60. The van der Waals surface area contributed by atoms with E-state index in [4.69, 9.17) is 9.47 Å². The van der Waals surface area contributed by atoms with Gasteiger partial charge in [-0.15, -0.1) is 0 Å². The smallest absolute Gasteiger partial charge is 0.332 e. The van der Waals surface area contributed by atoms with E-state index in [1.807, 2.05) is 16.7 Å². The molecule has 0 bridgehead atoms. The minimum absolute atomic E-state index is 0. The third kappa shape index (κ3) is 3.88. The van der Waals surface area contributed by atoms with E-state index >= 15 is 0 Å². The Morgan fingerprint density at radius 3 is 2.72 bits per heavy atom. The van der Waals surface area contributed by atoms with Gasteiger partial charge in [0.2, 0.25) is 6.79 Å². The summed E-state index contributed by atoms with van der Waals surface area (Å²) in [6.45, 7) is 3.88. The summed E-state index contributed by atoms with van der Waals surface area (Å²) < 4.78 is 15.1. The van der Waals surface area contributed by atoms with Gasteiger partial charge < -0.3 is 31.8 Å². The van der Waals surface area contributed by atoms with Gasteiger partial charge in [-0.25, -0.2) is 9.78 Å². The van der Waals surface area contributed by atoms with Crippen molar-refractivity contribution < 1.29 is 27.2 Å². The van der Waals surface area contributed by atoms with E-state index in [0.717, 1.165) is 29.0 Å². The van der Waals surface area contributed by atoms with Crippen LogP contribution in [0.15, 0.2) is 34.1 Å². The van der Waals surface area contributed by atoms with Crippen molar-refractivity contribution in [3.05, 3.63) is 50.9 Å². The number of halogens is 1. The second kappa shape index (κ2) is 8.30. The number of imidazole rings is 1. The third-order valence-electron chi connectivity index (χ3n) is 5.15. The van der Waals surface area contributed by atoms with Gasteiger partial charge in [-0.1, -0.05) is 6.07 Å². The molecule has 156 valence electrons. The van der Waals surface area contributed by atoms with Crippen molar-refractivity contribution in [3.8, 4) is 11.5 Å². The minimum atomic E-state index is -0.369. The minimum Gasteiger partial charge on any atom is -1.00 e. The number of nitrogens with zero attached hydrogens (tertiary/aromatic N) is 4. The van der Waals surface area contributed by atoms with Gasteiger partial charge in [0, 0.05) is 20.5 Å². The van der Waals surface area contributed by atoms with Crippen molar-refractivity contribution in [3.63, 3.8) is 0 Å². The maximum absolute atomic E-state index is 12.5. The quantitative estimate of drug-likeness (QED) is 0.443. The molecule has 1 atom stereocenters. The van der Waals surface area contributed by atoms with E-state index in [9.17, 15) is 9.59 Å². The lowest BCUT2D eigenvalue weighted by Crippen LogP contribution is -3.00. The number of hydrogen-bond acceptors (Lipinski definition) is 5. The Bertz CT molecular complexity index is 1150. The number of aromatic nitrogens is 4. The molecule has 1 aliphatic rings. The van der Waals surface area contributed by atoms with Gasteiger partial charge in [-0.2, -0.15) is 0 Å². The fourth-order valence-electron chi connectivity index (χ4n) is 3.59. The highest BCUT2D eigenvalue weighted by Crippen LogP contribution is 2.32. The highest BCUT2D eigenvalue weighted by Gasteiger charge is 2.16. The van der Waals surface area contributed by atoms with Crippen molar-refractivity contribution in [1.29, 1.82) is 0 Å². The predicted octanol–water partition coefficient (Wildman–Crippen LogP) is -3.64. The molecule has 0 fully saturated rings. The van der Waals surface area contributed by atoms with E-state index in [1.54, 1.807) is 13.4 Å². The van der Waals surface area contributed by atoms with E-state index in [1.165, 1.54) is 17.2 Å². The first-order valence-electron chi connectivity index (χ1n) is 9.28. The first-order valence-corrected chi connectivity index (χ1v) is 9.28. The maximum Gasteiger partial charge on any atom is 0.332 e. The van der Waals surface area contributed by atoms with Gasteiger partial charge >= 0.3 is 5.69 Å². The molecule has 3 aromatic rings. The molecule has 0 saturated heterocycles. The SMILES string of the molecule is CC(Cc1ccc2c(c1)OCO2)[NH2+]CCn1cnc2c1c(=O)n(C)c(=O)n2C.[Cl-]. The molecule has 1 aromatic carbocycles. The van der Waals surface area contributed by atoms with Gasteiger partial charge in [0.25, 0.3) is 5.56 Å². The lowest BCUT2D eigenvalue weighted by molar-refractivity contribution is -0.686. The molecule has 2 aromatic heterocycles. The fourth-order valence-corrected chi connectivity index (χ4v) is 3.59. The van der Waals surface area contributed by atoms with Crippen LogP contribution in [0.2, 0.25) is 0 Å². The molecule has 1 aliphatic heterocycles. The maximum atomic E-state index is 12.5. The summed E-state index contributed by atoms with van der Waals surface area (Å²) in [5.41, 5.74) is 1.39. The Morgan fingerprint density at radius 1 is 1.17 bits per heavy atom. The van der Waals surface area contributed by atoms with Crippen molar-refractivity contribution in [1.82, 2.24) is 18.7 Å². The molecule has 0 radical (unpaired) electrons. The van der Waals surface area contributed by atoms with Crippen LogP contribution < -0.4 is 38.4 Å². The fraction of sp³-hybridized carbons (Fsp3) is 0.421. The number of aryl methyl sites for hydroxylation is 1. The molecular weight excluding hydrogens is 398 g/mol. The van der Waals surface area contributed by atoms with Crippen LogP contribution in [0.1, 0.15) is 12.5 Å². The first-order chi connectivity index (χ1) is 13.5. The molecule has 0 saturated carbocycles. The van der Waals surface area contributed by atoms with Crippen LogP contribution in [-0.2, 0) is 27.1 Å². The summed E-state index contributed by atoms with van der Waals surface area (Å²) in [7, 11) is 3.11. The molecule has 1 unspecified atom stereocenters. The van der Waals surface area contributed by atoms with Gasteiger partial charge in [-0.3, -0.25) is 13.9 Å². The second-order valence-corrected chi connectivity index (χ2v) is 7.21. The molecule has 10 heteroatoms. The molecular formula is C19H24ClN5O4. The predicted molar refractivity (Wildman–Crippen MR) is 103 cm³/mol. The number of fused-ring (bicyclic) bond motifs is 2. The Morgan fingerprint density at radius 2 is 1.93 bits per heavy atom. The molecule has 4 rings (SSSR count). The van der Waals surface area contributed by atoms with Gasteiger partial charge in [-0.05, 0) is 24.6 Å². The van der Waals surface area contributed by atoms with Crippen molar-refractivity contribution in [2.45, 2.75) is 25.9 Å². The third-order valence-corrected chi connectivity index (χ3v) is 5.15. The van der Waals surface area contributed by atoms with E-state index in [-0.39, 0.29) is 30.4 Å². The lowest BCUT2D eigenvalue weighted by atomic mass is 10.1. The van der Waals surface area contributed by atoms with Crippen molar-refractivity contribution in [2.75, 3.05) is 13.3 Å². The standard InChI is InChI=1S/C19H23N5O4.ClH/c1-12(8-13-4-5-14-15(9-13)28-11-27-14)20-6-7-24-10-21-17-16(24)18(25)23(3)19(26)22(17)2;/h4-5,9-10,12,20H,6-8,11H2,1-3H3;1H. The summed E-state index contributed by atoms with van der Waals surface area (Å²) in [4.78, 5) is 28.7. The number of nitrogens with two attached hydrogens (primary N) is 1. The molecule has 2 N–H and O–H groups in total. The van der Waals surface area contributed by atoms with Crippen molar-refractivity contribution >= 4 is 11.2 Å². The monoisotopic (exact) mass is 421 g/mol. The van der Waals surface area contributed by atoms with Gasteiger partial charge in [0.1, 0.15) is 0 Å². The highest BCUT2D eigenvalue weighted by molar-refractivity contribution is 5.69. The number of ether oxygens (including phenoxy) is 2. The summed E-state index contributed by atoms with van der Waals surface area (Å²) in [6, 6.07) is 6.40. The lowest BCUT2D eigenvalue weighted by Gasteiger charge is -2.12. The summed E-state index contributed by atoms with van der Waals surface area (Å²) in [6.07, 6.45) is 2.53. The average Bonchev–Trinajstić information content (AvgIpc) is 3.31. The Kier molecular flexibility index (Phi) is 5.99. The van der Waals surface area contributed by atoms with Gasteiger partial charge in [0.05, 0.1) is 25.5 Å².